The van der Waals surface area contributed by atoms with Crippen molar-refractivity contribution in [1.82, 2.24) is 5.32 Å². The van der Waals surface area contributed by atoms with Gasteiger partial charge in [-0.1, -0.05) is 41.1 Å². The van der Waals surface area contributed by atoms with Gasteiger partial charge in [-0.05, 0) is 49.2 Å². The molecule has 2 amide bonds. The predicted octanol–water partition coefficient (Wildman–Crippen LogP) is 5.97. The van der Waals surface area contributed by atoms with E-state index in [0.29, 0.717) is 5.56 Å². The summed E-state index contributed by atoms with van der Waals surface area (Å²) in [5.41, 5.74) is 0.244. The number of carbonyl (C=O) groups is 2. The molecule has 0 saturated carbocycles. The Morgan fingerprint density at radius 2 is 1.84 bits per heavy atom. The van der Waals surface area contributed by atoms with Gasteiger partial charge in [-0.3, -0.25) is 4.90 Å². The number of hydrogen-bond donors (Lipinski definition) is 1. The van der Waals surface area contributed by atoms with Crippen molar-refractivity contribution < 1.29 is 27.5 Å². The molecule has 1 aliphatic heterocycles. The number of amides is 2. The number of allylic oxidation sites excluding steroid dienone is 1. The Hall–Kier alpha value is -2.81. The summed E-state index contributed by atoms with van der Waals surface area (Å²) in [5.74, 6) is -0.635. The standard InChI is InChI=1S/C22H20BrF3N2O3/c1-3-17-18(20(29)31-4-2)19(13-8-10-15(23)11-9-13)27-21(30)28(17)16-7-5-6-14(12-16)22(24,25)26/h5-12,19H,3-4H2,1-2H3,(H,27,30). The number of ether oxygens (including phenoxy) is 1. The second kappa shape index (κ2) is 9.13. The second-order valence-electron chi connectivity index (χ2n) is 6.75. The molecular formula is C22H20BrF3N2O3. The molecule has 9 heteroatoms. The van der Waals surface area contributed by atoms with E-state index in [9.17, 15) is 22.8 Å². The number of benzene rings is 2. The number of alkyl halides is 3. The molecule has 0 radical (unpaired) electrons. The van der Waals surface area contributed by atoms with Crippen LogP contribution in [0.1, 0.15) is 37.4 Å². The number of hydrogen-bond acceptors (Lipinski definition) is 3. The minimum Gasteiger partial charge on any atom is -0.463 e. The molecule has 1 atom stereocenters. The summed E-state index contributed by atoms with van der Waals surface area (Å²) in [6.07, 6.45) is -4.34. The molecule has 0 saturated heterocycles. The third-order valence-corrected chi connectivity index (χ3v) is 5.33. The Bertz CT molecular complexity index is 1020. The SMILES string of the molecule is CCOC(=O)C1=C(CC)N(c2cccc(C(F)(F)F)c2)C(=O)NC1c1ccc(Br)cc1. The Morgan fingerprint density at radius 3 is 2.42 bits per heavy atom. The molecule has 0 fully saturated rings. The monoisotopic (exact) mass is 496 g/mol. The van der Waals surface area contributed by atoms with E-state index in [2.05, 4.69) is 21.2 Å². The number of nitrogens with zero attached hydrogens (tertiary/aromatic N) is 1. The lowest BCUT2D eigenvalue weighted by Crippen LogP contribution is -2.48. The van der Waals surface area contributed by atoms with E-state index < -0.39 is 29.8 Å². The maximum absolute atomic E-state index is 13.2. The van der Waals surface area contributed by atoms with Gasteiger partial charge in [0, 0.05) is 10.2 Å². The average Bonchev–Trinajstić information content (AvgIpc) is 2.73. The number of urea groups is 1. The minimum atomic E-state index is -4.57. The van der Waals surface area contributed by atoms with Crippen LogP contribution in [0.15, 0.2) is 64.3 Å². The van der Waals surface area contributed by atoms with Gasteiger partial charge in [0.25, 0.3) is 0 Å². The van der Waals surface area contributed by atoms with Gasteiger partial charge in [0.05, 0.1) is 29.5 Å². The minimum absolute atomic E-state index is 0.0141. The molecule has 1 heterocycles. The zero-order valence-corrected chi connectivity index (χ0v) is 18.4. The number of halogens is 4. The lowest BCUT2D eigenvalue weighted by molar-refractivity contribution is -0.139. The highest BCUT2D eigenvalue weighted by atomic mass is 79.9. The molecule has 0 spiro atoms. The molecular weight excluding hydrogens is 477 g/mol. The van der Waals surface area contributed by atoms with Crippen molar-refractivity contribution in [3.63, 3.8) is 0 Å². The van der Waals surface area contributed by atoms with Crippen molar-refractivity contribution in [2.75, 3.05) is 11.5 Å². The molecule has 2 aromatic carbocycles. The highest BCUT2D eigenvalue weighted by Crippen LogP contribution is 2.38. The van der Waals surface area contributed by atoms with Crippen LogP contribution < -0.4 is 10.2 Å². The fourth-order valence-corrected chi connectivity index (χ4v) is 3.73. The van der Waals surface area contributed by atoms with Crippen LogP contribution in [0.5, 0.6) is 0 Å². The van der Waals surface area contributed by atoms with Crippen LogP contribution in [-0.2, 0) is 15.7 Å². The summed E-state index contributed by atoms with van der Waals surface area (Å²) in [6.45, 7) is 3.50. The van der Waals surface area contributed by atoms with Crippen LogP contribution in [0.3, 0.4) is 0 Å². The van der Waals surface area contributed by atoms with Crippen LogP contribution in [0.2, 0.25) is 0 Å². The molecule has 5 nitrogen and oxygen atoms in total. The van der Waals surface area contributed by atoms with E-state index in [1.165, 1.54) is 12.1 Å². The fraction of sp³-hybridized carbons (Fsp3) is 0.273. The van der Waals surface area contributed by atoms with Gasteiger partial charge in [-0.15, -0.1) is 0 Å². The molecule has 1 aliphatic rings. The largest absolute Gasteiger partial charge is 0.463 e. The number of rotatable bonds is 5. The van der Waals surface area contributed by atoms with Crippen LogP contribution in [0, 0.1) is 0 Å². The number of carbonyl (C=O) groups excluding carboxylic acids is 2. The second-order valence-corrected chi connectivity index (χ2v) is 7.67. The zero-order chi connectivity index (χ0) is 22.8. The number of anilines is 1. The quantitative estimate of drug-likeness (QED) is 0.519. The highest BCUT2D eigenvalue weighted by Gasteiger charge is 2.39. The van der Waals surface area contributed by atoms with Crippen LogP contribution in [0.25, 0.3) is 0 Å². The third kappa shape index (κ3) is 4.76. The van der Waals surface area contributed by atoms with Gasteiger partial charge < -0.3 is 10.1 Å². The van der Waals surface area contributed by atoms with Gasteiger partial charge >= 0.3 is 18.2 Å². The number of nitrogens with one attached hydrogen (secondary N) is 1. The van der Waals surface area contributed by atoms with E-state index in [-0.39, 0.29) is 30.0 Å². The van der Waals surface area contributed by atoms with Crippen LogP contribution in [-0.4, -0.2) is 18.6 Å². The van der Waals surface area contributed by atoms with E-state index in [1.54, 1.807) is 38.1 Å². The van der Waals surface area contributed by atoms with Crippen molar-refractivity contribution in [3.05, 3.63) is 75.4 Å². The molecule has 3 rings (SSSR count). The van der Waals surface area contributed by atoms with Gasteiger partial charge in [0.15, 0.2) is 0 Å². The molecule has 0 aliphatic carbocycles. The Kier molecular flexibility index (Phi) is 6.74. The molecule has 0 aromatic heterocycles. The van der Waals surface area contributed by atoms with Gasteiger partial charge in [-0.25, -0.2) is 9.59 Å². The molecule has 0 bridgehead atoms. The predicted molar refractivity (Wildman–Crippen MR) is 113 cm³/mol. The summed E-state index contributed by atoms with van der Waals surface area (Å²) < 4.78 is 45.7. The Balaban J connectivity index is 2.18. The molecule has 1 N–H and O–H groups in total. The Labute approximate surface area is 186 Å². The number of esters is 1. The normalized spacial score (nSPS) is 16.9. The first-order valence-corrected chi connectivity index (χ1v) is 10.4. The highest BCUT2D eigenvalue weighted by molar-refractivity contribution is 9.10. The van der Waals surface area contributed by atoms with Crippen molar-refractivity contribution in [1.29, 1.82) is 0 Å². The average molecular weight is 497 g/mol. The molecule has 31 heavy (non-hydrogen) atoms. The smallest absolute Gasteiger partial charge is 0.416 e. The van der Waals surface area contributed by atoms with Gasteiger partial charge in [0.2, 0.25) is 0 Å². The first-order chi connectivity index (χ1) is 14.7. The lowest BCUT2D eigenvalue weighted by atomic mass is 9.93. The van der Waals surface area contributed by atoms with Gasteiger partial charge in [-0.2, -0.15) is 13.2 Å². The van der Waals surface area contributed by atoms with E-state index in [0.717, 1.165) is 21.5 Å². The summed E-state index contributed by atoms with van der Waals surface area (Å²) in [4.78, 5) is 27.0. The van der Waals surface area contributed by atoms with E-state index in [1.807, 2.05) is 0 Å². The fourth-order valence-electron chi connectivity index (χ4n) is 3.46. The molecule has 2 aromatic rings. The maximum atomic E-state index is 13.2. The van der Waals surface area contributed by atoms with Crippen molar-refractivity contribution in [2.24, 2.45) is 0 Å². The van der Waals surface area contributed by atoms with Gasteiger partial charge in [0.1, 0.15) is 0 Å². The maximum Gasteiger partial charge on any atom is 0.416 e. The molecule has 164 valence electrons. The Morgan fingerprint density at radius 1 is 1.16 bits per heavy atom. The van der Waals surface area contributed by atoms with Crippen molar-refractivity contribution in [2.45, 2.75) is 32.5 Å². The van der Waals surface area contributed by atoms with E-state index >= 15 is 0 Å². The first-order valence-electron chi connectivity index (χ1n) is 9.60. The lowest BCUT2D eigenvalue weighted by Gasteiger charge is -2.36. The third-order valence-electron chi connectivity index (χ3n) is 4.81. The topological polar surface area (TPSA) is 58.6 Å². The summed E-state index contributed by atoms with van der Waals surface area (Å²) in [5, 5.41) is 2.74. The summed E-state index contributed by atoms with van der Waals surface area (Å²) in [7, 11) is 0. The van der Waals surface area contributed by atoms with E-state index in [4.69, 9.17) is 4.74 Å². The first kappa shape index (κ1) is 22.9. The zero-order valence-electron chi connectivity index (χ0n) is 16.8. The van der Waals surface area contributed by atoms with Crippen molar-refractivity contribution >= 4 is 33.6 Å². The molecule has 1 unspecified atom stereocenters. The van der Waals surface area contributed by atoms with Crippen LogP contribution >= 0.6 is 15.9 Å². The van der Waals surface area contributed by atoms with Crippen molar-refractivity contribution in [3.8, 4) is 0 Å². The summed E-state index contributed by atoms with van der Waals surface area (Å²) in [6, 6.07) is 10.1. The summed E-state index contributed by atoms with van der Waals surface area (Å²) >= 11 is 3.35. The van der Waals surface area contributed by atoms with Crippen LogP contribution in [0.4, 0.5) is 23.7 Å².